The molecule has 0 aliphatic rings. The van der Waals surface area contributed by atoms with E-state index in [0.717, 1.165) is 43.7 Å². The highest BCUT2D eigenvalue weighted by atomic mass is 32.1. The number of ether oxygens (including phenoxy) is 2. The summed E-state index contributed by atoms with van der Waals surface area (Å²) >= 11 is 1.55. The number of imidazole rings is 1. The number of benzene rings is 2. The van der Waals surface area contributed by atoms with E-state index in [1.54, 1.807) is 23.0 Å². The molecule has 0 aliphatic carbocycles. The normalized spacial score (nSPS) is 11.4. The van der Waals surface area contributed by atoms with Gasteiger partial charge in [-0.2, -0.15) is 5.10 Å². The van der Waals surface area contributed by atoms with Gasteiger partial charge in [-0.15, -0.1) is 0 Å². The Morgan fingerprint density at radius 3 is 2.82 bits per heavy atom. The van der Waals surface area contributed by atoms with Crippen molar-refractivity contribution in [2.75, 3.05) is 7.11 Å². The highest BCUT2D eigenvalue weighted by molar-refractivity contribution is 7.16. The zero-order valence-electron chi connectivity index (χ0n) is 15.3. The average molecular weight is 390 g/mol. The Morgan fingerprint density at radius 2 is 2.04 bits per heavy atom. The number of aryl methyl sites for hydroxylation is 1. The summed E-state index contributed by atoms with van der Waals surface area (Å²) in [6.07, 6.45) is 1.88. The summed E-state index contributed by atoms with van der Waals surface area (Å²) in [6, 6.07) is 16.2. The Morgan fingerprint density at radius 1 is 1.18 bits per heavy atom. The molecule has 1 radical (unpaired) electrons. The van der Waals surface area contributed by atoms with Crippen molar-refractivity contribution < 1.29 is 13.9 Å². The molecule has 0 fully saturated rings. The number of fused-ring (bicyclic) bond motifs is 2. The topological polar surface area (TPSA) is 61.8 Å². The van der Waals surface area contributed by atoms with Crippen molar-refractivity contribution in [3.05, 3.63) is 65.3 Å². The van der Waals surface area contributed by atoms with E-state index in [1.807, 2.05) is 55.6 Å². The van der Waals surface area contributed by atoms with Gasteiger partial charge in [0.25, 0.3) is 0 Å². The van der Waals surface area contributed by atoms with Gasteiger partial charge < -0.3 is 13.9 Å². The van der Waals surface area contributed by atoms with Crippen molar-refractivity contribution >= 4 is 27.3 Å². The second kappa shape index (κ2) is 6.69. The molecule has 0 bridgehead atoms. The molecule has 139 valence electrons. The first-order valence-electron chi connectivity index (χ1n) is 8.72. The lowest BCUT2D eigenvalue weighted by Gasteiger charge is -2.08. The molecule has 7 heteroatoms. The minimum Gasteiger partial charge on any atom is -0.497 e. The number of hydrogen-bond acceptors (Lipinski definition) is 6. The van der Waals surface area contributed by atoms with Crippen LogP contribution in [0.25, 0.3) is 27.4 Å². The summed E-state index contributed by atoms with van der Waals surface area (Å²) < 4.78 is 19.2. The maximum absolute atomic E-state index is 6.08. The van der Waals surface area contributed by atoms with Crippen molar-refractivity contribution in [2.24, 2.45) is 0 Å². The van der Waals surface area contributed by atoms with Crippen LogP contribution in [0.3, 0.4) is 0 Å². The average Bonchev–Trinajstić information content (AvgIpc) is 3.38. The first-order chi connectivity index (χ1) is 13.7. The van der Waals surface area contributed by atoms with E-state index in [2.05, 4.69) is 16.1 Å². The highest BCUT2D eigenvalue weighted by Gasteiger charge is 2.16. The fraction of sp³-hybridized carbons (Fsp3) is 0.143. The van der Waals surface area contributed by atoms with Crippen molar-refractivity contribution in [1.82, 2.24) is 14.6 Å². The first-order valence-corrected chi connectivity index (χ1v) is 9.54. The van der Waals surface area contributed by atoms with Gasteiger partial charge in [0, 0.05) is 17.0 Å². The summed E-state index contributed by atoms with van der Waals surface area (Å²) in [5.74, 6) is 2.19. The van der Waals surface area contributed by atoms with E-state index in [-0.39, 0.29) is 0 Å². The van der Waals surface area contributed by atoms with Gasteiger partial charge in [0.2, 0.25) is 4.96 Å². The molecule has 0 atom stereocenters. The van der Waals surface area contributed by atoms with Gasteiger partial charge in [0.15, 0.2) is 5.76 Å². The molecule has 0 unspecified atom stereocenters. The lowest BCUT2D eigenvalue weighted by molar-refractivity contribution is 0.306. The summed E-state index contributed by atoms with van der Waals surface area (Å²) in [5, 5.41) is 6.35. The lowest BCUT2D eigenvalue weighted by Crippen LogP contribution is -1.96. The molecule has 2 aromatic carbocycles. The number of methoxy groups -OCH3 is 1. The van der Waals surface area contributed by atoms with Gasteiger partial charge in [-0.05, 0) is 37.3 Å². The molecule has 0 saturated carbocycles. The third-order valence-corrected chi connectivity index (χ3v) is 5.25. The zero-order chi connectivity index (χ0) is 19.1. The summed E-state index contributed by atoms with van der Waals surface area (Å²) in [4.78, 5) is 5.47. The molecule has 5 rings (SSSR count). The van der Waals surface area contributed by atoms with E-state index in [4.69, 9.17) is 13.9 Å². The Kier molecular flexibility index (Phi) is 4.02. The lowest BCUT2D eigenvalue weighted by atomic mass is 10.1. The Balaban J connectivity index is 1.54. The van der Waals surface area contributed by atoms with Gasteiger partial charge in [0.05, 0.1) is 13.3 Å². The standard InChI is InChI=1S/C21H16N3O3S/c1-13-23-24-11-18(22-21(24)28-13)20-10-17-14(8-16(25-2)9-19(17)27-20)12-26-15-6-4-3-5-7-15/h4-11H,12H2,1-2H3. The summed E-state index contributed by atoms with van der Waals surface area (Å²) in [5.41, 5.74) is 2.46. The maximum atomic E-state index is 6.08. The fourth-order valence-corrected chi connectivity index (χ4v) is 3.82. The monoisotopic (exact) mass is 390 g/mol. The Bertz CT molecular complexity index is 1240. The van der Waals surface area contributed by atoms with Gasteiger partial charge in [0.1, 0.15) is 34.4 Å². The number of hydrogen-bond donors (Lipinski definition) is 0. The van der Waals surface area contributed by atoms with Crippen LogP contribution in [-0.2, 0) is 6.61 Å². The largest absolute Gasteiger partial charge is 0.497 e. The molecule has 6 nitrogen and oxygen atoms in total. The molecule has 0 amide bonds. The number of furan rings is 1. The van der Waals surface area contributed by atoms with Gasteiger partial charge in [-0.1, -0.05) is 23.5 Å². The van der Waals surface area contributed by atoms with Crippen LogP contribution < -0.4 is 9.47 Å². The van der Waals surface area contributed by atoms with Crippen LogP contribution in [0.4, 0.5) is 0 Å². The number of rotatable bonds is 5. The van der Waals surface area contributed by atoms with Crippen LogP contribution in [0.2, 0.25) is 0 Å². The third-order valence-electron chi connectivity index (χ3n) is 4.41. The molecule has 28 heavy (non-hydrogen) atoms. The molecule has 0 N–H and O–H groups in total. The van der Waals surface area contributed by atoms with Crippen LogP contribution in [0, 0.1) is 13.0 Å². The molecular weight excluding hydrogens is 374 g/mol. The SMILES string of the molecule is COc1cc(COc2cc[c]cc2)c2cc(-c3cn4nc(C)sc4n3)oc2c1. The van der Waals surface area contributed by atoms with Crippen LogP contribution in [0.5, 0.6) is 11.5 Å². The molecule has 0 aliphatic heterocycles. The molecule has 3 aromatic heterocycles. The van der Waals surface area contributed by atoms with Gasteiger partial charge in [-0.3, -0.25) is 0 Å². The molecule has 0 saturated heterocycles. The van der Waals surface area contributed by atoms with Gasteiger partial charge >= 0.3 is 0 Å². The number of aromatic nitrogens is 3. The zero-order valence-corrected chi connectivity index (χ0v) is 16.1. The third kappa shape index (κ3) is 2.99. The Labute approximate surface area is 165 Å². The summed E-state index contributed by atoms with van der Waals surface area (Å²) in [6.45, 7) is 2.36. The quantitative estimate of drug-likeness (QED) is 0.427. The van der Waals surface area contributed by atoms with Crippen molar-refractivity contribution in [2.45, 2.75) is 13.5 Å². The van der Waals surface area contributed by atoms with Crippen LogP contribution in [0.15, 0.2) is 53.1 Å². The predicted octanol–water partition coefficient (Wildman–Crippen LogP) is 4.90. The van der Waals surface area contributed by atoms with E-state index >= 15 is 0 Å². The molecule has 3 heterocycles. The first kappa shape index (κ1) is 16.8. The summed E-state index contributed by atoms with van der Waals surface area (Å²) in [7, 11) is 1.64. The smallest absolute Gasteiger partial charge is 0.212 e. The highest BCUT2D eigenvalue weighted by Crippen LogP contribution is 2.33. The van der Waals surface area contributed by atoms with E-state index in [1.165, 1.54) is 0 Å². The van der Waals surface area contributed by atoms with E-state index < -0.39 is 0 Å². The minimum absolute atomic E-state index is 0.399. The fourth-order valence-electron chi connectivity index (χ4n) is 3.09. The molecule has 5 aromatic rings. The Hall–Kier alpha value is -3.32. The van der Waals surface area contributed by atoms with Crippen molar-refractivity contribution in [3.8, 4) is 23.0 Å². The predicted molar refractivity (Wildman–Crippen MR) is 107 cm³/mol. The van der Waals surface area contributed by atoms with Crippen LogP contribution in [-0.4, -0.2) is 21.7 Å². The van der Waals surface area contributed by atoms with Crippen LogP contribution >= 0.6 is 11.3 Å². The van der Waals surface area contributed by atoms with E-state index in [0.29, 0.717) is 12.4 Å². The maximum Gasteiger partial charge on any atom is 0.212 e. The number of nitrogens with zero attached hydrogens (tertiary/aromatic N) is 3. The van der Waals surface area contributed by atoms with Gasteiger partial charge in [-0.25, -0.2) is 9.50 Å². The molecular formula is C21H16N3O3S. The second-order valence-electron chi connectivity index (χ2n) is 6.31. The van der Waals surface area contributed by atoms with Crippen LogP contribution in [0.1, 0.15) is 10.6 Å². The van der Waals surface area contributed by atoms with E-state index in [9.17, 15) is 0 Å². The van der Waals surface area contributed by atoms with Crippen molar-refractivity contribution in [1.29, 1.82) is 0 Å². The minimum atomic E-state index is 0.399. The van der Waals surface area contributed by atoms with Crippen molar-refractivity contribution in [3.63, 3.8) is 0 Å². The molecule has 0 spiro atoms. The second-order valence-corrected chi connectivity index (χ2v) is 7.47.